The van der Waals surface area contributed by atoms with Gasteiger partial charge in [0.25, 0.3) is 5.91 Å². The van der Waals surface area contributed by atoms with Gasteiger partial charge in [-0.15, -0.1) is 0 Å². The Morgan fingerprint density at radius 3 is 2.31 bits per heavy atom. The van der Waals surface area contributed by atoms with Gasteiger partial charge in [-0.1, -0.05) is 24.3 Å². The van der Waals surface area contributed by atoms with Crippen molar-refractivity contribution in [2.24, 2.45) is 0 Å². The summed E-state index contributed by atoms with van der Waals surface area (Å²) in [5.41, 5.74) is 3.04. The number of amides is 2. The molecule has 2 aromatic carbocycles. The smallest absolute Gasteiger partial charge is 0.338 e. The first kappa shape index (κ1) is 19.2. The van der Waals surface area contributed by atoms with Crippen molar-refractivity contribution in [2.75, 3.05) is 19.0 Å². The van der Waals surface area contributed by atoms with Gasteiger partial charge in [0, 0.05) is 26.2 Å². The Balaban J connectivity index is 1.87. The van der Waals surface area contributed by atoms with Gasteiger partial charge in [-0.3, -0.25) is 9.59 Å². The predicted molar refractivity (Wildman–Crippen MR) is 98.7 cm³/mol. The number of aryl methyl sites for hydroxylation is 1. The van der Waals surface area contributed by atoms with E-state index in [0.29, 0.717) is 17.8 Å². The van der Waals surface area contributed by atoms with Crippen LogP contribution in [0, 0.1) is 6.92 Å². The molecular formula is C20H22N2O4. The number of rotatable bonds is 6. The van der Waals surface area contributed by atoms with E-state index in [2.05, 4.69) is 5.32 Å². The zero-order chi connectivity index (χ0) is 19.1. The van der Waals surface area contributed by atoms with Gasteiger partial charge in [-0.25, -0.2) is 4.79 Å². The molecule has 0 aliphatic rings. The Labute approximate surface area is 152 Å². The first-order valence-electron chi connectivity index (χ1n) is 8.20. The predicted octanol–water partition coefficient (Wildman–Crippen LogP) is 2.77. The van der Waals surface area contributed by atoms with Crippen molar-refractivity contribution in [1.29, 1.82) is 0 Å². The molecule has 2 aromatic rings. The number of esters is 1. The molecule has 0 bridgehead atoms. The highest BCUT2D eigenvalue weighted by atomic mass is 16.5. The fourth-order valence-corrected chi connectivity index (χ4v) is 2.34. The van der Waals surface area contributed by atoms with Crippen LogP contribution in [0.3, 0.4) is 0 Å². The number of likely N-dealkylation sites (N-methyl/N-ethyl adjacent to an activating group) is 1. The molecule has 0 saturated heterocycles. The monoisotopic (exact) mass is 354 g/mol. The summed E-state index contributed by atoms with van der Waals surface area (Å²) in [6, 6.07) is 14.1. The van der Waals surface area contributed by atoms with Gasteiger partial charge in [0.15, 0.2) is 6.61 Å². The van der Waals surface area contributed by atoms with Gasteiger partial charge < -0.3 is 15.0 Å². The summed E-state index contributed by atoms with van der Waals surface area (Å²) >= 11 is 0. The molecule has 6 heteroatoms. The number of benzene rings is 2. The molecule has 0 unspecified atom stereocenters. The zero-order valence-electron chi connectivity index (χ0n) is 15.1. The molecule has 26 heavy (non-hydrogen) atoms. The summed E-state index contributed by atoms with van der Waals surface area (Å²) in [6.45, 7) is 3.52. The van der Waals surface area contributed by atoms with Gasteiger partial charge in [0.1, 0.15) is 0 Å². The average Bonchev–Trinajstić information content (AvgIpc) is 2.61. The van der Waals surface area contributed by atoms with Gasteiger partial charge in [-0.05, 0) is 42.3 Å². The topological polar surface area (TPSA) is 75.7 Å². The highest BCUT2D eigenvalue weighted by molar-refractivity contribution is 5.93. The summed E-state index contributed by atoms with van der Waals surface area (Å²) in [5, 5.41) is 2.61. The van der Waals surface area contributed by atoms with E-state index in [-0.39, 0.29) is 18.4 Å². The summed E-state index contributed by atoms with van der Waals surface area (Å²) in [7, 11) is 1.67. The lowest BCUT2D eigenvalue weighted by atomic mass is 10.1. The first-order chi connectivity index (χ1) is 12.4. The van der Waals surface area contributed by atoms with Crippen molar-refractivity contribution in [1.82, 2.24) is 4.90 Å². The van der Waals surface area contributed by atoms with Crippen molar-refractivity contribution in [3.05, 3.63) is 65.2 Å². The van der Waals surface area contributed by atoms with E-state index >= 15 is 0 Å². The maximum absolute atomic E-state index is 12.2. The minimum absolute atomic E-state index is 0.192. The fourth-order valence-electron chi connectivity index (χ4n) is 2.34. The lowest BCUT2D eigenvalue weighted by Crippen LogP contribution is -2.31. The number of hydrogen-bond donors (Lipinski definition) is 1. The largest absolute Gasteiger partial charge is 0.452 e. The Morgan fingerprint density at radius 2 is 1.69 bits per heavy atom. The molecule has 0 aliphatic carbocycles. The van der Waals surface area contributed by atoms with Crippen LogP contribution in [-0.2, 0) is 20.9 Å². The first-order valence-corrected chi connectivity index (χ1v) is 8.20. The molecule has 6 nitrogen and oxygen atoms in total. The minimum atomic E-state index is -0.586. The molecule has 0 atom stereocenters. The Hall–Kier alpha value is -3.15. The highest BCUT2D eigenvalue weighted by Gasteiger charge is 2.14. The van der Waals surface area contributed by atoms with E-state index in [0.717, 1.165) is 11.1 Å². The van der Waals surface area contributed by atoms with Crippen LogP contribution in [0.5, 0.6) is 0 Å². The zero-order valence-corrected chi connectivity index (χ0v) is 15.1. The number of anilines is 1. The van der Waals surface area contributed by atoms with E-state index in [1.807, 2.05) is 31.2 Å². The number of carbonyl (C=O) groups excluding carboxylic acids is 3. The second-order valence-electron chi connectivity index (χ2n) is 6.01. The van der Waals surface area contributed by atoms with Crippen LogP contribution >= 0.6 is 0 Å². The Bertz CT molecular complexity index is 800. The van der Waals surface area contributed by atoms with E-state index in [9.17, 15) is 14.4 Å². The summed E-state index contributed by atoms with van der Waals surface area (Å²) < 4.78 is 5.08. The van der Waals surface area contributed by atoms with Crippen molar-refractivity contribution in [3.63, 3.8) is 0 Å². The van der Waals surface area contributed by atoms with E-state index in [1.54, 1.807) is 19.2 Å². The minimum Gasteiger partial charge on any atom is -0.452 e. The van der Waals surface area contributed by atoms with Crippen LogP contribution in [0.4, 0.5) is 5.69 Å². The third-order valence-corrected chi connectivity index (χ3v) is 3.86. The number of hydrogen-bond acceptors (Lipinski definition) is 4. The third-order valence-electron chi connectivity index (χ3n) is 3.86. The van der Waals surface area contributed by atoms with E-state index in [4.69, 9.17) is 4.74 Å². The highest BCUT2D eigenvalue weighted by Crippen LogP contribution is 2.12. The lowest BCUT2D eigenvalue weighted by Gasteiger charge is -2.18. The molecule has 0 radical (unpaired) electrons. The van der Waals surface area contributed by atoms with Crippen molar-refractivity contribution in [2.45, 2.75) is 20.4 Å². The maximum atomic E-state index is 12.2. The van der Waals surface area contributed by atoms with Crippen LogP contribution in [-0.4, -0.2) is 36.3 Å². The van der Waals surface area contributed by atoms with Gasteiger partial charge in [0.05, 0.1) is 5.56 Å². The van der Waals surface area contributed by atoms with Crippen molar-refractivity contribution >= 4 is 23.5 Å². The standard InChI is InChI=1S/C20H22N2O4/c1-14-6-4-5-7-17(14)12-22(3)19(24)13-26-20(25)16-8-10-18(11-9-16)21-15(2)23/h4-11H,12-13H2,1-3H3,(H,21,23). The third kappa shape index (κ3) is 5.44. The number of nitrogens with zero attached hydrogens (tertiary/aromatic N) is 1. The van der Waals surface area contributed by atoms with Crippen LogP contribution in [0.25, 0.3) is 0 Å². The van der Waals surface area contributed by atoms with Gasteiger partial charge in [0.2, 0.25) is 5.91 Å². The second-order valence-corrected chi connectivity index (χ2v) is 6.01. The molecular weight excluding hydrogens is 332 g/mol. The Morgan fingerprint density at radius 1 is 1.04 bits per heavy atom. The molecule has 0 aromatic heterocycles. The molecule has 2 amide bonds. The lowest BCUT2D eigenvalue weighted by molar-refractivity contribution is -0.133. The molecule has 0 heterocycles. The van der Waals surface area contributed by atoms with Gasteiger partial charge in [-0.2, -0.15) is 0 Å². The fraction of sp³-hybridized carbons (Fsp3) is 0.250. The van der Waals surface area contributed by atoms with Crippen molar-refractivity contribution < 1.29 is 19.1 Å². The van der Waals surface area contributed by atoms with Crippen LogP contribution in [0.2, 0.25) is 0 Å². The molecule has 0 spiro atoms. The number of ether oxygens (including phenoxy) is 1. The normalized spacial score (nSPS) is 10.1. The molecule has 0 saturated carbocycles. The molecule has 0 fully saturated rings. The van der Waals surface area contributed by atoms with Crippen molar-refractivity contribution in [3.8, 4) is 0 Å². The number of nitrogens with one attached hydrogen (secondary N) is 1. The van der Waals surface area contributed by atoms with E-state index in [1.165, 1.54) is 24.0 Å². The SMILES string of the molecule is CC(=O)Nc1ccc(C(=O)OCC(=O)N(C)Cc2ccccc2C)cc1. The summed E-state index contributed by atoms with van der Waals surface area (Å²) in [6.07, 6.45) is 0. The Kier molecular flexibility index (Phi) is 6.49. The molecule has 2 rings (SSSR count). The maximum Gasteiger partial charge on any atom is 0.338 e. The number of carbonyl (C=O) groups is 3. The molecule has 1 N–H and O–H groups in total. The summed E-state index contributed by atoms with van der Waals surface area (Å²) in [5.74, 6) is -1.06. The van der Waals surface area contributed by atoms with E-state index < -0.39 is 5.97 Å². The van der Waals surface area contributed by atoms with Gasteiger partial charge >= 0.3 is 5.97 Å². The quantitative estimate of drug-likeness (QED) is 0.810. The summed E-state index contributed by atoms with van der Waals surface area (Å²) in [4.78, 5) is 36.7. The average molecular weight is 354 g/mol. The van der Waals surface area contributed by atoms with Crippen LogP contribution < -0.4 is 5.32 Å². The van der Waals surface area contributed by atoms with Crippen LogP contribution in [0.15, 0.2) is 48.5 Å². The second kappa shape index (κ2) is 8.80. The molecule has 0 aliphatic heterocycles. The molecule has 136 valence electrons. The van der Waals surface area contributed by atoms with Crippen LogP contribution in [0.1, 0.15) is 28.4 Å².